The van der Waals surface area contributed by atoms with E-state index in [4.69, 9.17) is 148 Å². The van der Waals surface area contributed by atoms with Crippen molar-refractivity contribution in [2.75, 3.05) is 44.5 Å². The number of aliphatic hydroxyl groups excluding tert-OH is 1. The van der Waals surface area contributed by atoms with Gasteiger partial charge in [-0.2, -0.15) is 6.26 Å². The number of ether oxygens (including phenoxy) is 2. The molecule has 425 valence electrons. The Labute approximate surface area is 672 Å². The molecule has 0 saturated heterocycles. The maximum Gasteiger partial charge on any atom is 1.00 e. The van der Waals surface area contributed by atoms with Crippen LogP contribution in [0.3, 0.4) is 0 Å². The molecule has 0 bridgehead atoms. The Morgan fingerprint density at radius 2 is 0.835 bits per heavy atom. The van der Waals surface area contributed by atoms with Crippen LogP contribution in [0.1, 0.15) is 57.5 Å². The summed E-state index contributed by atoms with van der Waals surface area (Å²) < 4.78 is 18.6. The molecule has 0 aliphatic heterocycles. The first kappa shape index (κ1) is 108. The van der Waals surface area contributed by atoms with E-state index in [1.165, 1.54) is 85.5 Å². The van der Waals surface area contributed by atoms with Crippen molar-refractivity contribution in [3.8, 4) is 0 Å². The summed E-state index contributed by atoms with van der Waals surface area (Å²) in [5, 5.41) is 20.4. The summed E-state index contributed by atoms with van der Waals surface area (Å²) in [5.41, 5.74) is 2.56. The van der Waals surface area contributed by atoms with E-state index in [9.17, 15) is 14.4 Å². The number of hydrogen-bond acceptors (Lipinski definition) is 23. The third-order valence-electron chi connectivity index (χ3n) is 10.3. The van der Waals surface area contributed by atoms with E-state index in [0.717, 1.165) is 21.2 Å². The first-order valence-electron chi connectivity index (χ1n) is 24.1. The van der Waals surface area contributed by atoms with Crippen LogP contribution in [-0.4, -0.2) is 311 Å². The molecule has 91 heavy (non-hydrogen) atoms. The Kier molecular flexibility index (Phi) is 78.6. The van der Waals surface area contributed by atoms with Crippen molar-refractivity contribution < 1.29 is 134 Å². The SMILES string of the molecule is CCOC(=O)c1cncnc1Cl.CCOC(=O)c1cncnc1SC.CSc1ncncc1C(=O)O.CSc1ncncc1CCl.CSc1ncncc1CO.C[S-].O=S(Cl)Cl.[B].[B]B([B])B([B])B(B([B])[B])B(B(B([B])[B])B([B])[B])B(B([B])[B])B([B])[B].[H-].[Na+].[Na+].[Na+].[OH-]. The predicted molar refractivity (Wildman–Crippen MR) is 397 cm³/mol. The van der Waals surface area contributed by atoms with Gasteiger partial charge in [0.2, 0.25) is 9.23 Å². The molecule has 0 aliphatic carbocycles. The van der Waals surface area contributed by atoms with Gasteiger partial charge in [-0.3, -0.25) is 0 Å². The van der Waals surface area contributed by atoms with Gasteiger partial charge in [0, 0.05) is 243 Å². The molecule has 0 amide bonds. The van der Waals surface area contributed by atoms with Crippen LogP contribution in [0.15, 0.2) is 82.7 Å². The second kappa shape index (κ2) is 66.0. The van der Waals surface area contributed by atoms with Crippen LogP contribution in [0.4, 0.5) is 0 Å². The Hall–Kier alpha value is 1.41. The molecule has 0 aliphatic rings. The fourth-order valence-electron chi connectivity index (χ4n) is 6.72. The molecule has 29 radical (unpaired) electrons. The zero-order chi connectivity index (χ0) is 66.6. The third kappa shape index (κ3) is 45.7. The Morgan fingerprint density at radius 3 is 1.11 bits per heavy atom. The van der Waals surface area contributed by atoms with E-state index in [-0.39, 0.29) is 133 Å². The average molecular weight is 1410 g/mol. The van der Waals surface area contributed by atoms with Crippen molar-refractivity contribution in [2.24, 2.45) is 0 Å². The van der Waals surface area contributed by atoms with Gasteiger partial charge in [-0.1, -0.05) is 11.6 Å². The normalized spacial score (nSPS) is 8.86. The third-order valence-corrected chi connectivity index (χ3v) is 13.8. The van der Waals surface area contributed by atoms with E-state index in [1.54, 1.807) is 50.5 Å². The number of rotatable bonds is 21. The van der Waals surface area contributed by atoms with Crippen LogP contribution >= 0.6 is 91.6 Å². The number of hydrogen-bond donors (Lipinski definition) is 2. The summed E-state index contributed by atoms with van der Waals surface area (Å²) in [6.07, 6.45) is 14.0. The minimum absolute atomic E-state index is 0. The molecule has 5 aromatic heterocycles. The molecule has 0 saturated carbocycles. The second-order valence-electron chi connectivity index (χ2n) is 15.8. The number of thioether (sulfide) groups is 4. The average Bonchev–Trinajstić information content (AvgIpc) is 0.817. The Morgan fingerprint density at radius 1 is 0.538 bits per heavy atom. The molecule has 19 nitrogen and oxygen atoms in total. The summed E-state index contributed by atoms with van der Waals surface area (Å²) in [7, 11) is 83.6. The van der Waals surface area contributed by atoms with Gasteiger partial charge in [0.1, 0.15) is 73.6 Å². The van der Waals surface area contributed by atoms with Gasteiger partial charge in [-0.15, -0.1) is 58.6 Å². The predicted octanol–water partition coefficient (Wildman–Crippen LogP) is -11.2. The van der Waals surface area contributed by atoms with Gasteiger partial charge in [0.05, 0.1) is 25.7 Å². The van der Waals surface area contributed by atoms with Crippen LogP contribution in [0.5, 0.6) is 0 Å². The molecule has 0 spiro atoms. The molecule has 0 atom stereocenters. The number of carboxylic acids is 1. The number of carbonyl (C=O) groups is 3. The van der Waals surface area contributed by atoms with Crippen molar-refractivity contribution in [2.45, 2.75) is 46.4 Å². The molecule has 0 fully saturated rings. The minimum atomic E-state index is -1.67. The zero-order valence-electron chi connectivity index (χ0n) is 52.8. The van der Waals surface area contributed by atoms with Crippen LogP contribution in [0.25, 0.3) is 0 Å². The maximum absolute atomic E-state index is 11.3. The number of carbonyl (C=O) groups excluding carboxylic acids is 2. The number of halogens is 4. The number of esters is 2. The van der Waals surface area contributed by atoms with E-state index >= 15 is 0 Å². The van der Waals surface area contributed by atoms with Crippen LogP contribution in [-0.2, 0) is 43.8 Å². The summed E-state index contributed by atoms with van der Waals surface area (Å²) in [4.78, 5) is 70.9. The fourth-order valence-corrected chi connectivity index (χ4v) is 9.25. The van der Waals surface area contributed by atoms with Crippen molar-refractivity contribution in [3.63, 3.8) is 0 Å². The second-order valence-corrected chi connectivity index (χ2v) is 22.1. The molecule has 0 unspecified atom stereocenters. The van der Waals surface area contributed by atoms with Gasteiger partial charge in [0.15, 0.2) is 0 Å². The molecule has 57 heteroatoms. The number of nitrogens with zero attached hydrogens (tertiary/aromatic N) is 10. The smallest absolute Gasteiger partial charge is 1.00 e. The van der Waals surface area contributed by atoms with E-state index in [2.05, 4.69) is 83.8 Å². The molecule has 5 heterocycles. The minimum Gasteiger partial charge on any atom is -1.00 e. The molecule has 5 aromatic rings. The number of aromatic nitrogens is 10. The van der Waals surface area contributed by atoms with Gasteiger partial charge in [-0.05, 0) is 38.9 Å². The largest absolute Gasteiger partial charge is 1.00 e. The standard InChI is InChI=1S/C8H10N2O2S.C7H7ClN2O2.C6H7ClN2S.C6H6N2O2S.C6H8N2OS.CH4S.B24.B.Cl2OS.3Na.H2O.H/c1-3-12-8(11)6-4-9-5-10-7(6)13-2;1-2-12-7(11)5-3-9-4-10-6(5)8;1-10-6-5(2-7)3-8-4-9-6;1-11-5-4(6(9)10)2-7-3-8-5;1-10-6-5(3-9)2-7-4-8-6;1-2;1-14(2)20(13)23(19(11)12)24(21(15(3)4)16(5)6)22(17(7)8)18(9)10;;1-4(2)3;;;;;/h4-5H,3H2,1-2H3;3-4H,2H2,1H3;3-4H,2H2,1H3;2-3H,1H3,(H,9,10);2,4,9H,3H2,1H3;2H,1H3;;;;;;;1H2;/q;;;;;;;;;3*+1;;-1/p-2. The number of alkyl halides is 1. The Bertz CT molecular complexity index is 2600. The first-order valence-corrected chi connectivity index (χ1v) is 33.6. The summed E-state index contributed by atoms with van der Waals surface area (Å²) in [6.45, 7) is 4.17. The van der Waals surface area contributed by atoms with Crippen molar-refractivity contribution in [3.05, 3.63) is 95.6 Å². The maximum atomic E-state index is 11.3. The van der Waals surface area contributed by atoms with Crippen molar-refractivity contribution in [1.29, 1.82) is 0 Å². The zero-order valence-corrected chi connectivity index (χ0v) is 65.7. The summed E-state index contributed by atoms with van der Waals surface area (Å²) in [6, 6.07) is 0. The van der Waals surface area contributed by atoms with Crippen molar-refractivity contribution >= 4 is 311 Å². The van der Waals surface area contributed by atoms with E-state index in [0.29, 0.717) is 34.7 Å². The van der Waals surface area contributed by atoms with Crippen molar-refractivity contribution in [1.82, 2.24) is 49.8 Å². The number of aromatic carboxylic acids is 1. The van der Waals surface area contributed by atoms with Gasteiger partial charge < -0.3 is 39.2 Å². The monoisotopic (exact) mass is 1410 g/mol. The number of aliphatic hydroxyl groups is 1. The number of carboxylic acid groups (broad SMARTS) is 1. The summed E-state index contributed by atoms with van der Waals surface area (Å²) in [5.74, 6) is -1.37. The molecule has 3 N–H and O–H groups in total. The molecule has 5 rings (SSSR count). The van der Waals surface area contributed by atoms with E-state index < -0.39 is 91.4 Å². The van der Waals surface area contributed by atoms with Gasteiger partial charge >= 0.3 is 107 Å². The molecular formula is C34H43B25Cl4N10Na3O9S6. The van der Waals surface area contributed by atoms with Crippen LogP contribution in [0, 0.1) is 0 Å². The van der Waals surface area contributed by atoms with Crippen LogP contribution in [0.2, 0.25) is 5.15 Å². The quantitative estimate of drug-likeness (QED) is 0.0131. The fraction of sp³-hybridized carbons (Fsp3) is 0.324. The van der Waals surface area contributed by atoms with E-state index in [1.807, 2.05) is 18.8 Å². The van der Waals surface area contributed by atoms with Crippen LogP contribution < -0.4 is 88.7 Å². The Balaban J connectivity index is -0.000000128. The van der Waals surface area contributed by atoms with Gasteiger partial charge in [-0.25, -0.2) is 68.4 Å². The molecule has 0 aromatic carbocycles. The summed E-state index contributed by atoms with van der Waals surface area (Å²) >= 11 is 21.1. The first-order chi connectivity index (χ1) is 40.6. The topological polar surface area (TPSA) is 286 Å². The van der Waals surface area contributed by atoms with Gasteiger partial charge in [0.25, 0.3) is 0 Å². The molecular weight excluding hydrogens is 1370 g/mol.